The van der Waals surface area contributed by atoms with Crippen LogP contribution in [0.5, 0.6) is 5.75 Å². The third kappa shape index (κ3) is 9.64. The SMILES string of the molecule is C.CC.CC.CC.CC.CC1CCc2c(OC3CCCCC3)cccc21. The summed E-state index contributed by atoms with van der Waals surface area (Å²) in [5.74, 6) is 1.90. The molecule has 0 heterocycles. The molecule has 0 amide bonds. The van der Waals surface area contributed by atoms with E-state index in [1.54, 1.807) is 0 Å². The Labute approximate surface area is 166 Å². The van der Waals surface area contributed by atoms with Gasteiger partial charge in [0.1, 0.15) is 5.75 Å². The van der Waals surface area contributed by atoms with Gasteiger partial charge in [0.05, 0.1) is 6.10 Å². The van der Waals surface area contributed by atoms with Gasteiger partial charge < -0.3 is 4.74 Å². The van der Waals surface area contributed by atoms with Crippen LogP contribution in [0.4, 0.5) is 0 Å². The van der Waals surface area contributed by atoms with Crippen LogP contribution in [-0.4, -0.2) is 6.10 Å². The van der Waals surface area contributed by atoms with Crippen molar-refractivity contribution in [2.24, 2.45) is 0 Å². The van der Waals surface area contributed by atoms with E-state index in [-0.39, 0.29) is 7.43 Å². The van der Waals surface area contributed by atoms with Gasteiger partial charge >= 0.3 is 0 Å². The second-order valence-corrected chi connectivity index (χ2v) is 5.64. The maximum absolute atomic E-state index is 6.25. The molecular weight excluding hydrogens is 316 g/mol. The topological polar surface area (TPSA) is 9.23 Å². The lowest BCUT2D eigenvalue weighted by Crippen LogP contribution is -2.20. The first-order valence-electron chi connectivity index (χ1n) is 11.1. The molecule has 0 bridgehead atoms. The zero-order chi connectivity index (χ0) is 19.7. The largest absolute Gasteiger partial charge is 0.490 e. The zero-order valence-electron chi connectivity index (χ0n) is 18.7. The molecule has 3 rings (SSSR count). The zero-order valence-corrected chi connectivity index (χ0v) is 18.7. The number of hydrogen-bond donors (Lipinski definition) is 0. The van der Waals surface area contributed by atoms with Gasteiger partial charge in [-0.1, -0.05) is 88.3 Å². The van der Waals surface area contributed by atoms with E-state index < -0.39 is 0 Å². The fourth-order valence-corrected chi connectivity index (χ4v) is 3.30. The van der Waals surface area contributed by atoms with Crippen LogP contribution in [0.15, 0.2) is 18.2 Å². The first-order chi connectivity index (χ1) is 12.3. The third-order valence-corrected chi connectivity index (χ3v) is 4.37. The second-order valence-electron chi connectivity index (χ2n) is 5.64. The van der Waals surface area contributed by atoms with Crippen molar-refractivity contribution in [3.8, 4) is 5.75 Å². The number of ether oxygens (including phenoxy) is 1. The van der Waals surface area contributed by atoms with Crippen molar-refractivity contribution in [3.63, 3.8) is 0 Å². The van der Waals surface area contributed by atoms with Gasteiger partial charge in [-0.05, 0) is 61.6 Å². The molecule has 1 saturated carbocycles. The van der Waals surface area contributed by atoms with Gasteiger partial charge in [-0.2, -0.15) is 0 Å². The molecule has 0 N–H and O–H groups in total. The van der Waals surface area contributed by atoms with Crippen LogP contribution in [0.3, 0.4) is 0 Å². The van der Waals surface area contributed by atoms with Crippen LogP contribution in [-0.2, 0) is 6.42 Å². The lowest BCUT2D eigenvalue weighted by Gasteiger charge is -2.24. The minimum absolute atomic E-state index is 0. The molecule has 26 heavy (non-hydrogen) atoms. The maximum atomic E-state index is 6.25. The molecule has 1 fully saturated rings. The molecule has 2 aliphatic carbocycles. The normalized spacial score (nSPS) is 17.0. The van der Waals surface area contributed by atoms with Crippen molar-refractivity contribution < 1.29 is 4.74 Å². The van der Waals surface area contributed by atoms with Crippen LogP contribution >= 0.6 is 0 Å². The molecule has 2 aliphatic rings. The van der Waals surface area contributed by atoms with E-state index in [0.717, 1.165) is 5.92 Å². The Bertz CT molecular complexity index is 391. The summed E-state index contributed by atoms with van der Waals surface area (Å²) < 4.78 is 6.25. The van der Waals surface area contributed by atoms with Crippen LogP contribution in [0, 0.1) is 0 Å². The summed E-state index contributed by atoms with van der Waals surface area (Å²) in [6.45, 7) is 18.3. The van der Waals surface area contributed by atoms with Gasteiger partial charge in [0.25, 0.3) is 0 Å². The molecule has 0 saturated heterocycles. The molecule has 0 radical (unpaired) electrons. The summed E-state index contributed by atoms with van der Waals surface area (Å²) in [6.07, 6.45) is 9.56. The van der Waals surface area contributed by atoms with Gasteiger partial charge in [-0.15, -0.1) is 0 Å². The highest BCUT2D eigenvalue weighted by Crippen LogP contribution is 2.38. The fraction of sp³-hybridized carbons (Fsp3) is 0.760. The molecule has 0 spiro atoms. The highest BCUT2D eigenvalue weighted by Gasteiger charge is 2.23. The summed E-state index contributed by atoms with van der Waals surface area (Å²) in [6, 6.07) is 6.62. The van der Waals surface area contributed by atoms with E-state index in [1.165, 1.54) is 61.8 Å². The van der Waals surface area contributed by atoms with Crippen LogP contribution in [0.25, 0.3) is 0 Å². The van der Waals surface area contributed by atoms with Crippen LogP contribution in [0.1, 0.15) is 125 Å². The Hall–Kier alpha value is -0.980. The lowest BCUT2D eigenvalue weighted by atomic mass is 9.97. The Morgan fingerprint density at radius 2 is 1.31 bits per heavy atom. The quantitative estimate of drug-likeness (QED) is 0.506. The summed E-state index contributed by atoms with van der Waals surface area (Å²) in [7, 11) is 0. The van der Waals surface area contributed by atoms with Crippen molar-refractivity contribution in [1.29, 1.82) is 0 Å². The average molecular weight is 367 g/mol. The van der Waals surface area contributed by atoms with Crippen LogP contribution < -0.4 is 4.74 Å². The standard InChI is InChI=1S/C16H22O.4C2H6.CH4/c1-12-10-11-15-14(12)8-5-9-16(15)17-13-6-3-2-4-7-13;4*1-2;/h5,8-9,12-13H,2-4,6-7,10-11H2,1H3;4*1-2H3;1H4. The van der Waals surface area contributed by atoms with E-state index >= 15 is 0 Å². The molecule has 1 heteroatoms. The van der Waals surface area contributed by atoms with Crippen molar-refractivity contribution in [3.05, 3.63) is 29.3 Å². The first kappa shape index (κ1) is 29.8. The van der Waals surface area contributed by atoms with Crippen molar-refractivity contribution >= 4 is 0 Å². The molecular formula is C25H50O. The van der Waals surface area contributed by atoms with E-state index in [1.807, 2.05) is 55.4 Å². The summed E-state index contributed by atoms with van der Waals surface area (Å²) in [4.78, 5) is 0. The van der Waals surface area contributed by atoms with Crippen molar-refractivity contribution in [2.45, 2.75) is 127 Å². The second kappa shape index (κ2) is 20.3. The molecule has 1 aromatic rings. The number of rotatable bonds is 2. The first-order valence-corrected chi connectivity index (χ1v) is 11.1. The highest BCUT2D eigenvalue weighted by atomic mass is 16.5. The van der Waals surface area contributed by atoms with E-state index in [2.05, 4.69) is 25.1 Å². The number of benzene rings is 1. The molecule has 0 aliphatic heterocycles. The molecule has 1 aromatic carbocycles. The Balaban J connectivity index is -0.000000524. The van der Waals surface area contributed by atoms with Gasteiger partial charge in [0.15, 0.2) is 0 Å². The monoisotopic (exact) mass is 366 g/mol. The minimum atomic E-state index is 0. The molecule has 1 atom stereocenters. The van der Waals surface area contributed by atoms with Gasteiger partial charge in [0, 0.05) is 0 Å². The highest BCUT2D eigenvalue weighted by molar-refractivity contribution is 5.45. The summed E-state index contributed by atoms with van der Waals surface area (Å²) >= 11 is 0. The lowest BCUT2D eigenvalue weighted by molar-refractivity contribution is 0.153. The van der Waals surface area contributed by atoms with Gasteiger partial charge in [-0.3, -0.25) is 0 Å². The summed E-state index contributed by atoms with van der Waals surface area (Å²) in [5.41, 5.74) is 3.02. The van der Waals surface area contributed by atoms with Crippen LogP contribution in [0.2, 0.25) is 0 Å². The third-order valence-electron chi connectivity index (χ3n) is 4.37. The predicted octanol–water partition coefficient (Wildman–Crippen LogP) is 9.19. The Morgan fingerprint density at radius 1 is 0.769 bits per heavy atom. The molecule has 156 valence electrons. The van der Waals surface area contributed by atoms with Crippen molar-refractivity contribution in [1.82, 2.24) is 0 Å². The minimum Gasteiger partial charge on any atom is -0.490 e. The summed E-state index contributed by atoms with van der Waals surface area (Å²) in [5, 5.41) is 0. The molecule has 0 aromatic heterocycles. The fourth-order valence-electron chi connectivity index (χ4n) is 3.30. The smallest absolute Gasteiger partial charge is 0.123 e. The average Bonchev–Trinajstić information content (AvgIpc) is 3.11. The van der Waals surface area contributed by atoms with Gasteiger partial charge in [0.2, 0.25) is 0 Å². The van der Waals surface area contributed by atoms with E-state index in [9.17, 15) is 0 Å². The number of fused-ring (bicyclic) bond motifs is 1. The Kier molecular flexibility index (Phi) is 23.3. The molecule has 1 unspecified atom stereocenters. The predicted molar refractivity (Wildman–Crippen MR) is 123 cm³/mol. The van der Waals surface area contributed by atoms with Crippen molar-refractivity contribution in [2.75, 3.05) is 0 Å². The number of hydrogen-bond acceptors (Lipinski definition) is 1. The van der Waals surface area contributed by atoms with E-state index in [0.29, 0.717) is 6.10 Å². The van der Waals surface area contributed by atoms with E-state index in [4.69, 9.17) is 4.74 Å². The Morgan fingerprint density at radius 3 is 1.85 bits per heavy atom. The maximum Gasteiger partial charge on any atom is 0.123 e. The molecule has 1 nitrogen and oxygen atoms in total. The van der Waals surface area contributed by atoms with Gasteiger partial charge in [-0.25, -0.2) is 0 Å².